The monoisotopic (exact) mass is 329 g/mol. The number of rotatable bonds is 8. The standard InChI is InChI=1S/C19H23NO4/c1-14-6-4-5-7-18(14)23-13-12-20-19(21)15(2)24-17-10-8-16(22-3)9-11-17/h4-11,15H,12-13H2,1-3H3,(H,20,21)/t15-/m0/s1. The van der Waals surface area contributed by atoms with E-state index < -0.39 is 6.10 Å². The maximum Gasteiger partial charge on any atom is 0.260 e. The molecule has 1 amide bonds. The van der Waals surface area contributed by atoms with Crippen LogP contribution in [0.4, 0.5) is 0 Å². The Kier molecular flexibility index (Phi) is 6.49. The fourth-order valence-electron chi connectivity index (χ4n) is 2.11. The SMILES string of the molecule is COc1ccc(O[C@@H](C)C(=O)NCCOc2ccccc2C)cc1. The summed E-state index contributed by atoms with van der Waals surface area (Å²) in [5.41, 5.74) is 1.07. The van der Waals surface area contributed by atoms with E-state index in [1.54, 1.807) is 38.3 Å². The molecule has 1 N–H and O–H groups in total. The molecule has 0 aliphatic carbocycles. The van der Waals surface area contributed by atoms with E-state index in [0.717, 1.165) is 17.1 Å². The highest BCUT2D eigenvalue weighted by Crippen LogP contribution is 2.18. The van der Waals surface area contributed by atoms with Crippen LogP contribution >= 0.6 is 0 Å². The minimum absolute atomic E-state index is 0.181. The Bertz CT molecular complexity index is 655. The van der Waals surface area contributed by atoms with Gasteiger partial charge in [-0.05, 0) is 49.7 Å². The normalized spacial score (nSPS) is 11.5. The number of aryl methyl sites for hydroxylation is 1. The van der Waals surface area contributed by atoms with Crippen molar-refractivity contribution in [1.29, 1.82) is 0 Å². The van der Waals surface area contributed by atoms with Gasteiger partial charge in [-0.15, -0.1) is 0 Å². The molecule has 24 heavy (non-hydrogen) atoms. The summed E-state index contributed by atoms with van der Waals surface area (Å²) in [6, 6.07) is 14.9. The van der Waals surface area contributed by atoms with Crippen molar-refractivity contribution in [3.05, 3.63) is 54.1 Å². The number of carbonyl (C=O) groups excluding carboxylic acids is 1. The van der Waals surface area contributed by atoms with Crippen LogP contribution in [-0.4, -0.2) is 32.3 Å². The molecule has 0 aliphatic rings. The van der Waals surface area contributed by atoms with Gasteiger partial charge in [0.05, 0.1) is 13.7 Å². The van der Waals surface area contributed by atoms with Crippen LogP contribution < -0.4 is 19.5 Å². The van der Waals surface area contributed by atoms with Crippen molar-refractivity contribution in [2.75, 3.05) is 20.3 Å². The Balaban J connectivity index is 1.72. The summed E-state index contributed by atoms with van der Waals surface area (Å²) in [5, 5.41) is 2.80. The number of ether oxygens (including phenoxy) is 3. The summed E-state index contributed by atoms with van der Waals surface area (Å²) in [7, 11) is 1.60. The van der Waals surface area contributed by atoms with E-state index in [4.69, 9.17) is 14.2 Å². The lowest BCUT2D eigenvalue weighted by atomic mass is 10.2. The van der Waals surface area contributed by atoms with Crippen LogP contribution in [0.25, 0.3) is 0 Å². The molecule has 0 bridgehead atoms. The van der Waals surface area contributed by atoms with Gasteiger partial charge in [0.1, 0.15) is 23.9 Å². The van der Waals surface area contributed by atoms with Crippen molar-refractivity contribution in [3.63, 3.8) is 0 Å². The van der Waals surface area contributed by atoms with E-state index in [-0.39, 0.29) is 5.91 Å². The first-order chi connectivity index (χ1) is 11.6. The number of carbonyl (C=O) groups is 1. The molecule has 0 spiro atoms. The number of amides is 1. The van der Waals surface area contributed by atoms with Gasteiger partial charge in [0.25, 0.3) is 5.91 Å². The zero-order valence-corrected chi connectivity index (χ0v) is 14.2. The first-order valence-corrected chi connectivity index (χ1v) is 7.87. The fourth-order valence-corrected chi connectivity index (χ4v) is 2.11. The summed E-state index contributed by atoms with van der Waals surface area (Å²) >= 11 is 0. The first-order valence-electron chi connectivity index (χ1n) is 7.87. The summed E-state index contributed by atoms with van der Waals surface area (Å²) in [6.07, 6.45) is -0.586. The molecule has 0 aliphatic heterocycles. The Morgan fingerprint density at radius 1 is 1.08 bits per heavy atom. The molecule has 0 saturated heterocycles. The molecular formula is C19H23NO4. The van der Waals surface area contributed by atoms with Gasteiger partial charge in [-0.2, -0.15) is 0 Å². The molecule has 0 aromatic heterocycles. The molecule has 0 unspecified atom stereocenters. The van der Waals surface area contributed by atoms with E-state index in [2.05, 4.69) is 5.32 Å². The number of nitrogens with one attached hydrogen (secondary N) is 1. The predicted octanol–water partition coefficient (Wildman–Crippen LogP) is 2.97. The van der Waals surface area contributed by atoms with Gasteiger partial charge in [0.2, 0.25) is 0 Å². The van der Waals surface area contributed by atoms with Crippen molar-refractivity contribution in [3.8, 4) is 17.2 Å². The molecule has 0 heterocycles. The molecule has 0 radical (unpaired) electrons. The topological polar surface area (TPSA) is 56.8 Å². The van der Waals surface area contributed by atoms with Crippen LogP contribution in [0, 0.1) is 6.92 Å². The van der Waals surface area contributed by atoms with Gasteiger partial charge < -0.3 is 19.5 Å². The number of hydrogen-bond donors (Lipinski definition) is 1. The van der Waals surface area contributed by atoms with Gasteiger partial charge >= 0.3 is 0 Å². The fraction of sp³-hybridized carbons (Fsp3) is 0.316. The largest absolute Gasteiger partial charge is 0.497 e. The molecule has 2 rings (SSSR count). The van der Waals surface area contributed by atoms with Crippen LogP contribution in [0.1, 0.15) is 12.5 Å². The molecule has 5 nitrogen and oxygen atoms in total. The van der Waals surface area contributed by atoms with Crippen LogP contribution in [0.5, 0.6) is 17.2 Å². The van der Waals surface area contributed by atoms with E-state index in [9.17, 15) is 4.79 Å². The highest BCUT2D eigenvalue weighted by atomic mass is 16.5. The molecule has 2 aromatic rings. The molecule has 128 valence electrons. The zero-order chi connectivity index (χ0) is 17.4. The van der Waals surface area contributed by atoms with Crippen molar-refractivity contribution >= 4 is 5.91 Å². The third-order valence-corrected chi connectivity index (χ3v) is 3.49. The van der Waals surface area contributed by atoms with Gasteiger partial charge in [0, 0.05) is 0 Å². The van der Waals surface area contributed by atoms with Gasteiger partial charge in [-0.25, -0.2) is 0 Å². The molecule has 2 aromatic carbocycles. The van der Waals surface area contributed by atoms with E-state index in [1.807, 2.05) is 31.2 Å². The number of methoxy groups -OCH3 is 1. The van der Waals surface area contributed by atoms with E-state index in [0.29, 0.717) is 18.9 Å². The zero-order valence-electron chi connectivity index (χ0n) is 14.2. The van der Waals surface area contributed by atoms with Crippen molar-refractivity contribution in [2.45, 2.75) is 20.0 Å². The third-order valence-electron chi connectivity index (χ3n) is 3.49. The number of benzene rings is 2. The second-order valence-electron chi connectivity index (χ2n) is 5.34. The van der Waals surface area contributed by atoms with E-state index >= 15 is 0 Å². The molecule has 1 atom stereocenters. The van der Waals surface area contributed by atoms with Crippen LogP contribution in [0.2, 0.25) is 0 Å². The van der Waals surface area contributed by atoms with Crippen molar-refractivity contribution < 1.29 is 19.0 Å². The Hall–Kier alpha value is -2.69. The van der Waals surface area contributed by atoms with Crippen LogP contribution in [-0.2, 0) is 4.79 Å². The molecule has 5 heteroatoms. The minimum Gasteiger partial charge on any atom is -0.497 e. The van der Waals surface area contributed by atoms with Crippen LogP contribution in [0.3, 0.4) is 0 Å². The summed E-state index contributed by atoms with van der Waals surface area (Å²) in [4.78, 5) is 12.0. The maximum absolute atomic E-state index is 12.0. The molecule has 0 fully saturated rings. The average molecular weight is 329 g/mol. The summed E-state index contributed by atoms with van der Waals surface area (Å²) in [6.45, 7) is 4.52. The second-order valence-corrected chi connectivity index (χ2v) is 5.34. The Labute approximate surface area is 142 Å². The highest BCUT2D eigenvalue weighted by Gasteiger charge is 2.14. The summed E-state index contributed by atoms with van der Waals surface area (Å²) < 4.78 is 16.3. The Morgan fingerprint density at radius 2 is 1.75 bits per heavy atom. The Morgan fingerprint density at radius 3 is 2.42 bits per heavy atom. The molecule has 0 saturated carbocycles. The number of hydrogen-bond acceptors (Lipinski definition) is 4. The number of para-hydroxylation sites is 1. The maximum atomic E-state index is 12.0. The van der Waals surface area contributed by atoms with Gasteiger partial charge in [-0.1, -0.05) is 18.2 Å². The lowest BCUT2D eigenvalue weighted by Crippen LogP contribution is -2.38. The lowest BCUT2D eigenvalue weighted by molar-refractivity contribution is -0.127. The van der Waals surface area contributed by atoms with E-state index in [1.165, 1.54) is 0 Å². The van der Waals surface area contributed by atoms with Gasteiger partial charge in [-0.3, -0.25) is 4.79 Å². The third kappa shape index (κ3) is 5.19. The van der Waals surface area contributed by atoms with Gasteiger partial charge in [0.15, 0.2) is 6.10 Å². The average Bonchev–Trinajstić information content (AvgIpc) is 2.60. The minimum atomic E-state index is -0.586. The van der Waals surface area contributed by atoms with Crippen molar-refractivity contribution in [1.82, 2.24) is 5.32 Å². The summed E-state index contributed by atoms with van der Waals surface area (Å²) in [5.74, 6) is 2.01. The van der Waals surface area contributed by atoms with Crippen LogP contribution in [0.15, 0.2) is 48.5 Å². The quantitative estimate of drug-likeness (QED) is 0.757. The van der Waals surface area contributed by atoms with Crippen molar-refractivity contribution in [2.24, 2.45) is 0 Å². The predicted molar refractivity (Wildman–Crippen MR) is 92.8 cm³/mol. The first kappa shape index (κ1) is 17.7. The lowest BCUT2D eigenvalue weighted by Gasteiger charge is -2.15. The highest BCUT2D eigenvalue weighted by molar-refractivity contribution is 5.80. The smallest absolute Gasteiger partial charge is 0.260 e. The second kappa shape index (κ2) is 8.82. The molecular weight excluding hydrogens is 306 g/mol.